The van der Waals surface area contributed by atoms with Gasteiger partial charge in [0.05, 0.1) is 47.2 Å². The van der Waals surface area contributed by atoms with Gasteiger partial charge < -0.3 is 14.8 Å². The molecule has 1 atom stereocenters. The SMILES string of the molecule is COC(=O)c1cc(Br)c2c(c1)N(c1c(Cl)cccc1Cl)C(=O)NC2c1ccc(OC)cc1. The Bertz CT molecular complexity index is 1200. The molecule has 1 N–H and O–H groups in total. The van der Waals surface area contributed by atoms with Crippen LogP contribution in [0.15, 0.2) is 59.1 Å². The fourth-order valence-electron chi connectivity index (χ4n) is 3.65. The van der Waals surface area contributed by atoms with E-state index in [0.29, 0.717) is 31.6 Å². The Hall–Kier alpha value is -2.74. The topological polar surface area (TPSA) is 67.9 Å². The van der Waals surface area contributed by atoms with Gasteiger partial charge in [-0.05, 0) is 42.0 Å². The molecule has 0 spiro atoms. The number of para-hydroxylation sites is 1. The van der Waals surface area contributed by atoms with Crippen LogP contribution < -0.4 is 15.0 Å². The molecule has 0 aromatic heterocycles. The second-order valence-corrected chi connectivity index (χ2v) is 8.61. The molecular formula is C23H17BrCl2N2O4. The van der Waals surface area contributed by atoms with E-state index in [0.717, 1.165) is 11.1 Å². The monoisotopic (exact) mass is 534 g/mol. The van der Waals surface area contributed by atoms with Gasteiger partial charge in [-0.25, -0.2) is 9.59 Å². The van der Waals surface area contributed by atoms with Crippen molar-refractivity contribution in [1.82, 2.24) is 5.32 Å². The van der Waals surface area contributed by atoms with Crippen LogP contribution in [0.3, 0.4) is 0 Å². The lowest BCUT2D eigenvalue weighted by Crippen LogP contribution is -2.45. The number of benzene rings is 3. The number of hydrogen-bond donors (Lipinski definition) is 1. The number of hydrogen-bond acceptors (Lipinski definition) is 4. The van der Waals surface area contributed by atoms with Crippen molar-refractivity contribution in [3.8, 4) is 5.75 Å². The summed E-state index contributed by atoms with van der Waals surface area (Å²) in [5.41, 5.74) is 2.61. The molecular weight excluding hydrogens is 519 g/mol. The Morgan fingerprint density at radius 3 is 2.31 bits per heavy atom. The number of halogens is 3. The summed E-state index contributed by atoms with van der Waals surface area (Å²) in [7, 11) is 2.88. The molecule has 0 fully saturated rings. The lowest BCUT2D eigenvalue weighted by Gasteiger charge is -2.37. The highest BCUT2D eigenvalue weighted by molar-refractivity contribution is 9.10. The van der Waals surface area contributed by atoms with Crippen LogP contribution in [-0.2, 0) is 4.74 Å². The van der Waals surface area contributed by atoms with Crippen LogP contribution in [0.4, 0.5) is 16.2 Å². The van der Waals surface area contributed by atoms with Crippen molar-refractivity contribution in [2.45, 2.75) is 6.04 Å². The van der Waals surface area contributed by atoms with Crippen LogP contribution in [-0.4, -0.2) is 26.2 Å². The van der Waals surface area contributed by atoms with Gasteiger partial charge in [0.15, 0.2) is 0 Å². The third-order valence-electron chi connectivity index (χ3n) is 5.14. The summed E-state index contributed by atoms with van der Waals surface area (Å²) in [4.78, 5) is 27.0. The van der Waals surface area contributed by atoms with E-state index in [-0.39, 0.29) is 5.56 Å². The molecule has 0 bridgehead atoms. The fraction of sp³-hybridized carbons (Fsp3) is 0.130. The van der Waals surface area contributed by atoms with E-state index in [9.17, 15) is 9.59 Å². The van der Waals surface area contributed by atoms with Gasteiger partial charge in [-0.3, -0.25) is 4.90 Å². The predicted molar refractivity (Wildman–Crippen MR) is 127 cm³/mol. The first-order valence-electron chi connectivity index (χ1n) is 9.46. The van der Waals surface area contributed by atoms with Crippen LogP contribution in [0.1, 0.15) is 27.5 Å². The lowest BCUT2D eigenvalue weighted by molar-refractivity contribution is 0.0600. The Balaban J connectivity index is 1.97. The van der Waals surface area contributed by atoms with Gasteiger partial charge >= 0.3 is 12.0 Å². The van der Waals surface area contributed by atoms with E-state index in [4.69, 9.17) is 32.7 Å². The van der Waals surface area contributed by atoms with E-state index >= 15 is 0 Å². The number of urea groups is 1. The van der Waals surface area contributed by atoms with Crippen LogP contribution in [0.25, 0.3) is 0 Å². The fourth-order valence-corrected chi connectivity index (χ4v) is 4.90. The molecule has 1 heterocycles. The number of methoxy groups -OCH3 is 2. The smallest absolute Gasteiger partial charge is 0.337 e. The molecule has 0 radical (unpaired) electrons. The van der Waals surface area contributed by atoms with E-state index in [2.05, 4.69) is 21.2 Å². The zero-order valence-corrected chi connectivity index (χ0v) is 20.1. The summed E-state index contributed by atoms with van der Waals surface area (Å²) >= 11 is 16.4. The molecule has 9 heteroatoms. The summed E-state index contributed by atoms with van der Waals surface area (Å²) in [6.45, 7) is 0. The molecule has 0 aliphatic carbocycles. The highest BCUT2D eigenvalue weighted by Gasteiger charge is 2.37. The number of anilines is 2. The maximum Gasteiger partial charge on any atom is 0.337 e. The molecule has 0 saturated heterocycles. The third-order valence-corrected chi connectivity index (χ3v) is 6.41. The highest BCUT2D eigenvalue weighted by Crippen LogP contribution is 2.47. The number of carbonyl (C=O) groups is 2. The van der Waals surface area contributed by atoms with Gasteiger partial charge in [0.1, 0.15) is 5.75 Å². The standard InChI is InChI=1S/C23H17BrCl2N2O4/c1-31-14-8-6-12(7-9-14)20-19-15(24)10-13(22(29)32-2)11-18(19)28(23(30)27-20)21-16(25)4-3-5-17(21)26/h3-11,20H,1-2H3,(H,27,30). The van der Waals surface area contributed by atoms with Gasteiger partial charge in [0.25, 0.3) is 0 Å². The molecule has 164 valence electrons. The molecule has 32 heavy (non-hydrogen) atoms. The van der Waals surface area contributed by atoms with Gasteiger partial charge in [-0.2, -0.15) is 0 Å². The molecule has 3 aromatic carbocycles. The van der Waals surface area contributed by atoms with Crippen LogP contribution >= 0.6 is 39.1 Å². The van der Waals surface area contributed by atoms with Crippen LogP contribution in [0.5, 0.6) is 5.75 Å². The molecule has 4 rings (SSSR count). The second kappa shape index (κ2) is 9.02. The average Bonchev–Trinajstić information content (AvgIpc) is 2.79. The van der Waals surface area contributed by atoms with Crippen molar-refractivity contribution in [3.63, 3.8) is 0 Å². The first kappa shape index (κ1) is 22.5. The second-order valence-electron chi connectivity index (χ2n) is 6.94. The number of amides is 2. The number of nitrogens with zero attached hydrogens (tertiary/aromatic N) is 1. The summed E-state index contributed by atoms with van der Waals surface area (Å²) in [6.07, 6.45) is 0. The number of nitrogens with one attached hydrogen (secondary N) is 1. The molecule has 1 aliphatic heterocycles. The van der Waals surface area contributed by atoms with Crippen molar-refractivity contribution < 1.29 is 19.1 Å². The summed E-state index contributed by atoms with van der Waals surface area (Å²) in [5, 5.41) is 3.60. The molecule has 3 aromatic rings. The minimum absolute atomic E-state index is 0.273. The Morgan fingerprint density at radius 1 is 1.06 bits per heavy atom. The average molecular weight is 536 g/mol. The summed E-state index contributed by atoms with van der Waals surface area (Å²) in [5.74, 6) is 0.159. The molecule has 2 amide bonds. The minimum atomic E-state index is -0.536. The number of fused-ring (bicyclic) bond motifs is 1. The zero-order valence-electron chi connectivity index (χ0n) is 17.0. The van der Waals surface area contributed by atoms with Gasteiger partial charge in [-0.1, -0.05) is 57.3 Å². The van der Waals surface area contributed by atoms with E-state index in [1.807, 2.05) is 24.3 Å². The van der Waals surface area contributed by atoms with Crippen molar-refractivity contribution in [2.75, 3.05) is 19.1 Å². The van der Waals surface area contributed by atoms with Crippen molar-refractivity contribution in [3.05, 3.63) is 85.8 Å². The summed E-state index contributed by atoms with van der Waals surface area (Å²) in [6, 6.07) is 14.7. The number of esters is 1. The lowest BCUT2D eigenvalue weighted by atomic mass is 9.93. The molecule has 6 nitrogen and oxygen atoms in total. The Kier molecular flexibility index (Phi) is 6.33. The first-order chi connectivity index (χ1) is 15.3. The number of ether oxygens (including phenoxy) is 2. The molecule has 1 unspecified atom stereocenters. The maximum atomic E-state index is 13.4. The summed E-state index contributed by atoms with van der Waals surface area (Å²) < 4.78 is 10.7. The number of carbonyl (C=O) groups excluding carboxylic acids is 2. The normalized spacial score (nSPS) is 15.1. The van der Waals surface area contributed by atoms with Gasteiger partial charge in [0.2, 0.25) is 0 Å². The first-order valence-corrected chi connectivity index (χ1v) is 11.0. The van der Waals surface area contributed by atoms with Crippen molar-refractivity contribution in [1.29, 1.82) is 0 Å². The third kappa shape index (κ3) is 3.92. The van der Waals surface area contributed by atoms with Crippen molar-refractivity contribution >= 4 is 62.5 Å². The number of rotatable bonds is 4. The maximum absolute atomic E-state index is 13.4. The zero-order chi connectivity index (χ0) is 23.0. The van der Waals surface area contributed by atoms with Crippen LogP contribution in [0, 0.1) is 0 Å². The highest BCUT2D eigenvalue weighted by atomic mass is 79.9. The quantitative estimate of drug-likeness (QED) is 0.387. The van der Waals surface area contributed by atoms with E-state index in [1.165, 1.54) is 12.0 Å². The largest absolute Gasteiger partial charge is 0.497 e. The van der Waals surface area contributed by atoms with E-state index in [1.54, 1.807) is 37.4 Å². The van der Waals surface area contributed by atoms with Gasteiger partial charge in [0, 0.05) is 10.0 Å². The molecule has 0 saturated carbocycles. The Morgan fingerprint density at radius 2 is 1.72 bits per heavy atom. The van der Waals surface area contributed by atoms with Crippen molar-refractivity contribution in [2.24, 2.45) is 0 Å². The van der Waals surface area contributed by atoms with Gasteiger partial charge in [-0.15, -0.1) is 0 Å². The predicted octanol–water partition coefficient (Wildman–Crippen LogP) is 6.50. The van der Waals surface area contributed by atoms with Crippen LogP contribution in [0.2, 0.25) is 10.0 Å². The molecule has 1 aliphatic rings. The minimum Gasteiger partial charge on any atom is -0.497 e. The Labute approximate surface area is 203 Å². The van der Waals surface area contributed by atoms with E-state index < -0.39 is 18.0 Å².